The molecule has 90 valence electrons. The highest BCUT2D eigenvalue weighted by atomic mass is 19.3. The SMILES string of the molecule is O=C(CCOCC(F)F)NCc1ncn[nH]1. The lowest BCUT2D eigenvalue weighted by molar-refractivity contribution is -0.122. The van der Waals surface area contributed by atoms with Gasteiger partial charge < -0.3 is 10.1 Å². The van der Waals surface area contributed by atoms with Gasteiger partial charge in [0.25, 0.3) is 6.43 Å². The van der Waals surface area contributed by atoms with E-state index in [0.29, 0.717) is 5.82 Å². The summed E-state index contributed by atoms with van der Waals surface area (Å²) in [6, 6.07) is 0. The van der Waals surface area contributed by atoms with Gasteiger partial charge in [-0.05, 0) is 0 Å². The topological polar surface area (TPSA) is 79.9 Å². The largest absolute Gasteiger partial charge is 0.375 e. The highest BCUT2D eigenvalue weighted by Gasteiger charge is 2.05. The average molecular weight is 234 g/mol. The van der Waals surface area contributed by atoms with E-state index in [-0.39, 0.29) is 25.5 Å². The maximum Gasteiger partial charge on any atom is 0.261 e. The molecule has 1 aromatic heterocycles. The summed E-state index contributed by atoms with van der Waals surface area (Å²) in [4.78, 5) is 14.9. The van der Waals surface area contributed by atoms with Crippen LogP contribution in [0.4, 0.5) is 8.78 Å². The first kappa shape index (κ1) is 12.5. The van der Waals surface area contributed by atoms with Gasteiger partial charge in [0.2, 0.25) is 5.91 Å². The van der Waals surface area contributed by atoms with Gasteiger partial charge in [-0.15, -0.1) is 0 Å². The fourth-order valence-corrected chi connectivity index (χ4v) is 0.924. The summed E-state index contributed by atoms with van der Waals surface area (Å²) < 4.78 is 27.9. The van der Waals surface area contributed by atoms with Crippen LogP contribution in [0, 0.1) is 0 Å². The Labute approximate surface area is 90.4 Å². The summed E-state index contributed by atoms with van der Waals surface area (Å²) in [5.74, 6) is 0.243. The van der Waals surface area contributed by atoms with E-state index in [4.69, 9.17) is 0 Å². The van der Waals surface area contributed by atoms with Crippen molar-refractivity contribution in [3.63, 3.8) is 0 Å². The van der Waals surface area contributed by atoms with Crippen molar-refractivity contribution < 1.29 is 18.3 Å². The van der Waals surface area contributed by atoms with Crippen LogP contribution in [0.2, 0.25) is 0 Å². The Kier molecular flexibility index (Phi) is 5.34. The molecular formula is C8H12F2N4O2. The van der Waals surface area contributed by atoms with Gasteiger partial charge in [0.1, 0.15) is 18.8 Å². The number of nitrogens with one attached hydrogen (secondary N) is 2. The van der Waals surface area contributed by atoms with Crippen LogP contribution in [0.15, 0.2) is 6.33 Å². The van der Waals surface area contributed by atoms with Gasteiger partial charge in [-0.1, -0.05) is 0 Å². The van der Waals surface area contributed by atoms with E-state index in [1.807, 2.05) is 0 Å². The summed E-state index contributed by atoms with van der Waals surface area (Å²) in [5.41, 5.74) is 0. The molecule has 2 N–H and O–H groups in total. The van der Waals surface area contributed by atoms with Gasteiger partial charge in [-0.25, -0.2) is 13.8 Å². The summed E-state index contributed by atoms with van der Waals surface area (Å²) in [6.45, 7) is -0.435. The molecule has 0 bridgehead atoms. The van der Waals surface area contributed by atoms with Crippen molar-refractivity contribution in [2.75, 3.05) is 13.2 Å². The minimum atomic E-state index is -2.50. The molecule has 8 heteroatoms. The van der Waals surface area contributed by atoms with E-state index in [9.17, 15) is 13.6 Å². The molecule has 0 aliphatic carbocycles. The van der Waals surface area contributed by atoms with Gasteiger partial charge in [0.15, 0.2) is 0 Å². The lowest BCUT2D eigenvalue weighted by atomic mass is 10.4. The minimum Gasteiger partial charge on any atom is -0.375 e. The number of hydrogen-bond acceptors (Lipinski definition) is 4. The normalized spacial score (nSPS) is 10.7. The highest BCUT2D eigenvalue weighted by Crippen LogP contribution is 1.93. The number of carbonyl (C=O) groups is 1. The molecule has 6 nitrogen and oxygen atoms in total. The van der Waals surface area contributed by atoms with Gasteiger partial charge in [0.05, 0.1) is 13.2 Å². The van der Waals surface area contributed by atoms with Gasteiger partial charge in [0, 0.05) is 6.42 Å². The standard InChI is InChI=1S/C8H12F2N4O2/c9-6(10)4-16-2-1-8(15)11-3-7-12-5-13-14-7/h5-6H,1-4H2,(H,11,15)(H,12,13,14). The zero-order valence-corrected chi connectivity index (χ0v) is 8.45. The predicted molar refractivity (Wildman–Crippen MR) is 49.7 cm³/mol. The maximum atomic E-state index is 11.6. The molecule has 0 saturated heterocycles. The number of H-pyrrole nitrogens is 1. The first-order valence-corrected chi connectivity index (χ1v) is 4.65. The molecular weight excluding hydrogens is 222 g/mol. The number of aromatic nitrogens is 3. The number of aromatic amines is 1. The Balaban J connectivity index is 2.03. The number of rotatable bonds is 7. The number of ether oxygens (including phenoxy) is 1. The fourth-order valence-electron chi connectivity index (χ4n) is 0.924. The zero-order valence-electron chi connectivity index (χ0n) is 8.45. The Hall–Kier alpha value is -1.57. The van der Waals surface area contributed by atoms with Crippen LogP contribution in [0.1, 0.15) is 12.2 Å². The molecule has 0 radical (unpaired) electrons. The molecule has 0 atom stereocenters. The second-order valence-corrected chi connectivity index (χ2v) is 2.92. The van der Waals surface area contributed by atoms with E-state index < -0.39 is 13.0 Å². The van der Waals surface area contributed by atoms with Gasteiger partial charge >= 0.3 is 0 Å². The molecule has 0 fully saturated rings. The molecule has 0 unspecified atom stereocenters. The Morgan fingerprint density at radius 2 is 2.44 bits per heavy atom. The summed E-state index contributed by atoms with van der Waals surface area (Å²) in [5, 5.41) is 8.70. The van der Waals surface area contributed by atoms with E-state index in [2.05, 4.69) is 25.2 Å². The van der Waals surface area contributed by atoms with Crippen molar-refractivity contribution in [3.05, 3.63) is 12.2 Å². The predicted octanol–water partition coefficient (Wildman–Crippen LogP) is 0.0927. The smallest absolute Gasteiger partial charge is 0.261 e. The Bertz CT molecular complexity index is 305. The fraction of sp³-hybridized carbons (Fsp3) is 0.625. The number of carbonyl (C=O) groups excluding carboxylic acids is 1. The van der Waals surface area contributed by atoms with Crippen molar-refractivity contribution in [2.24, 2.45) is 0 Å². The number of alkyl halides is 2. The molecule has 0 aliphatic rings. The second-order valence-electron chi connectivity index (χ2n) is 2.92. The summed E-state index contributed by atoms with van der Waals surface area (Å²) >= 11 is 0. The Morgan fingerprint density at radius 3 is 3.06 bits per heavy atom. The van der Waals surface area contributed by atoms with Crippen molar-refractivity contribution in [1.29, 1.82) is 0 Å². The third-order valence-electron chi connectivity index (χ3n) is 1.64. The van der Waals surface area contributed by atoms with Crippen LogP contribution < -0.4 is 5.32 Å². The molecule has 0 spiro atoms. The van der Waals surface area contributed by atoms with E-state index in [1.54, 1.807) is 0 Å². The van der Waals surface area contributed by atoms with Crippen molar-refractivity contribution in [2.45, 2.75) is 19.4 Å². The molecule has 1 rings (SSSR count). The second kappa shape index (κ2) is 6.83. The van der Waals surface area contributed by atoms with Crippen LogP contribution in [0.5, 0.6) is 0 Å². The van der Waals surface area contributed by atoms with Crippen molar-refractivity contribution in [1.82, 2.24) is 20.5 Å². The monoisotopic (exact) mass is 234 g/mol. The lowest BCUT2D eigenvalue weighted by Crippen LogP contribution is -2.24. The average Bonchev–Trinajstić information content (AvgIpc) is 2.74. The molecule has 16 heavy (non-hydrogen) atoms. The van der Waals surface area contributed by atoms with E-state index in [0.717, 1.165) is 0 Å². The van der Waals surface area contributed by atoms with Crippen LogP contribution in [-0.4, -0.2) is 40.7 Å². The third-order valence-corrected chi connectivity index (χ3v) is 1.64. The van der Waals surface area contributed by atoms with E-state index >= 15 is 0 Å². The quantitative estimate of drug-likeness (QED) is 0.655. The number of nitrogens with zero attached hydrogens (tertiary/aromatic N) is 2. The molecule has 0 aliphatic heterocycles. The minimum absolute atomic E-state index is 0.0213. The van der Waals surface area contributed by atoms with Crippen LogP contribution in [-0.2, 0) is 16.1 Å². The molecule has 0 aromatic carbocycles. The highest BCUT2D eigenvalue weighted by molar-refractivity contribution is 5.75. The van der Waals surface area contributed by atoms with Crippen LogP contribution in [0.25, 0.3) is 0 Å². The van der Waals surface area contributed by atoms with Gasteiger partial charge in [-0.2, -0.15) is 5.10 Å². The number of hydrogen-bond donors (Lipinski definition) is 2. The zero-order chi connectivity index (χ0) is 11.8. The molecule has 1 aromatic rings. The van der Waals surface area contributed by atoms with E-state index in [1.165, 1.54) is 6.33 Å². The lowest BCUT2D eigenvalue weighted by Gasteiger charge is -2.04. The molecule has 0 saturated carbocycles. The molecule has 1 heterocycles. The summed E-state index contributed by atoms with van der Waals surface area (Å²) in [6.07, 6.45) is -1.13. The van der Waals surface area contributed by atoms with Crippen LogP contribution in [0.3, 0.4) is 0 Å². The molecule has 1 amide bonds. The van der Waals surface area contributed by atoms with Crippen molar-refractivity contribution >= 4 is 5.91 Å². The van der Waals surface area contributed by atoms with Gasteiger partial charge in [-0.3, -0.25) is 9.89 Å². The number of amides is 1. The Morgan fingerprint density at radius 1 is 1.62 bits per heavy atom. The van der Waals surface area contributed by atoms with Crippen molar-refractivity contribution in [3.8, 4) is 0 Å². The maximum absolute atomic E-state index is 11.6. The van der Waals surface area contributed by atoms with Crippen LogP contribution >= 0.6 is 0 Å². The first-order chi connectivity index (χ1) is 7.68. The number of halogens is 2. The third kappa shape index (κ3) is 5.35. The first-order valence-electron chi connectivity index (χ1n) is 4.65. The summed E-state index contributed by atoms with van der Waals surface area (Å²) in [7, 11) is 0.